The van der Waals surface area contributed by atoms with E-state index in [-0.39, 0.29) is 12.5 Å². The second-order valence-electron chi connectivity index (χ2n) is 5.57. The van der Waals surface area contributed by atoms with Crippen molar-refractivity contribution in [2.45, 2.75) is 44.7 Å². The van der Waals surface area contributed by atoms with E-state index in [1.165, 1.54) is 24.8 Å². The molecular formula is C16H24N2O2. The van der Waals surface area contributed by atoms with Crippen molar-refractivity contribution in [1.82, 2.24) is 4.90 Å². The normalized spacial score (nSPS) is 17.9. The highest BCUT2D eigenvalue weighted by atomic mass is 16.4. The predicted molar refractivity (Wildman–Crippen MR) is 79.4 cm³/mol. The highest BCUT2D eigenvalue weighted by Crippen LogP contribution is 2.22. The van der Waals surface area contributed by atoms with E-state index in [9.17, 15) is 4.79 Å². The summed E-state index contributed by atoms with van der Waals surface area (Å²) >= 11 is 0. The first-order valence-corrected chi connectivity index (χ1v) is 7.44. The van der Waals surface area contributed by atoms with Crippen molar-refractivity contribution in [3.8, 4) is 0 Å². The molecule has 2 rings (SSSR count). The first kappa shape index (κ1) is 15.0. The summed E-state index contributed by atoms with van der Waals surface area (Å²) in [5.74, 6) is -0.783. The van der Waals surface area contributed by atoms with Gasteiger partial charge in [-0.1, -0.05) is 30.7 Å². The third-order valence-corrected chi connectivity index (χ3v) is 3.97. The number of aliphatic carboxylic acids is 1. The fraction of sp³-hybridized carbons (Fsp3) is 0.562. The van der Waals surface area contributed by atoms with Crippen LogP contribution in [-0.4, -0.2) is 29.1 Å². The Balaban J connectivity index is 2.02. The van der Waals surface area contributed by atoms with Gasteiger partial charge in [0, 0.05) is 19.0 Å². The van der Waals surface area contributed by atoms with Crippen LogP contribution < -0.4 is 5.73 Å². The van der Waals surface area contributed by atoms with Crippen molar-refractivity contribution in [1.29, 1.82) is 0 Å². The number of hydrogen-bond acceptors (Lipinski definition) is 3. The van der Waals surface area contributed by atoms with Crippen molar-refractivity contribution in [3.05, 3.63) is 35.4 Å². The Hall–Kier alpha value is -1.39. The second kappa shape index (κ2) is 7.41. The Bertz CT molecular complexity index is 442. The van der Waals surface area contributed by atoms with E-state index < -0.39 is 5.97 Å². The lowest BCUT2D eigenvalue weighted by atomic mass is 9.96. The lowest BCUT2D eigenvalue weighted by Gasteiger charge is -2.28. The fourth-order valence-corrected chi connectivity index (χ4v) is 2.83. The maximum Gasteiger partial charge on any atom is 0.303 e. The Labute approximate surface area is 120 Å². The Morgan fingerprint density at radius 1 is 1.25 bits per heavy atom. The average molecular weight is 276 g/mol. The molecule has 0 aromatic heterocycles. The van der Waals surface area contributed by atoms with Gasteiger partial charge in [0.1, 0.15) is 0 Å². The van der Waals surface area contributed by atoms with Crippen LogP contribution in [0.2, 0.25) is 0 Å². The van der Waals surface area contributed by atoms with Gasteiger partial charge in [-0.2, -0.15) is 0 Å². The van der Waals surface area contributed by atoms with Gasteiger partial charge in [-0.05, 0) is 43.5 Å². The third kappa shape index (κ3) is 4.32. The van der Waals surface area contributed by atoms with Gasteiger partial charge in [0.25, 0.3) is 0 Å². The maximum atomic E-state index is 10.7. The first-order chi connectivity index (χ1) is 9.66. The minimum absolute atomic E-state index is 0.124. The van der Waals surface area contributed by atoms with Crippen LogP contribution in [0.5, 0.6) is 0 Å². The van der Waals surface area contributed by atoms with E-state index in [1.807, 2.05) is 18.2 Å². The van der Waals surface area contributed by atoms with Crippen LogP contribution in [0.15, 0.2) is 24.3 Å². The number of carboxylic acid groups (broad SMARTS) is 1. The molecule has 3 N–H and O–H groups in total. The number of benzene rings is 1. The van der Waals surface area contributed by atoms with Crippen LogP contribution in [0.25, 0.3) is 0 Å². The van der Waals surface area contributed by atoms with Crippen LogP contribution in [0.3, 0.4) is 0 Å². The topological polar surface area (TPSA) is 66.6 Å². The molecule has 1 aliphatic rings. The molecule has 1 atom stereocenters. The van der Waals surface area contributed by atoms with Crippen LogP contribution in [0, 0.1) is 0 Å². The van der Waals surface area contributed by atoms with Gasteiger partial charge in [0.05, 0.1) is 0 Å². The highest BCUT2D eigenvalue weighted by molar-refractivity contribution is 5.66. The zero-order valence-electron chi connectivity index (χ0n) is 11.9. The summed E-state index contributed by atoms with van der Waals surface area (Å²) in [7, 11) is 0. The SMILES string of the molecule is NC(CCC(=O)O)c1ccccc1CN1CCCCC1. The summed E-state index contributed by atoms with van der Waals surface area (Å²) in [6, 6.07) is 7.98. The number of carbonyl (C=O) groups is 1. The molecule has 0 aliphatic carbocycles. The molecule has 1 heterocycles. The molecule has 1 saturated heterocycles. The van der Waals surface area contributed by atoms with Gasteiger partial charge in [0.15, 0.2) is 0 Å². The zero-order valence-corrected chi connectivity index (χ0v) is 11.9. The predicted octanol–water partition coefficient (Wildman–Crippen LogP) is 2.54. The van der Waals surface area contributed by atoms with Crippen molar-refractivity contribution in [2.24, 2.45) is 5.73 Å². The molecule has 20 heavy (non-hydrogen) atoms. The van der Waals surface area contributed by atoms with Gasteiger partial charge in [-0.3, -0.25) is 9.69 Å². The number of likely N-dealkylation sites (tertiary alicyclic amines) is 1. The van der Waals surface area contributed by atoms with Crippen LogP contribution >= 0.6 is 0 Å². The molecule has 1 fully saturated rings. The molecule has 0 spiro atoms. The van der Waals surface area contributed by atoms with E-state index >= 15 is 0 Å². The van der Waals surface area contributed by atoms with Gasteiger partial charge in [-0.25, -0.2) is 0 Å². The second-order valence-corrected chi connectivity index (χ2v) is 5.57. The fourth-order valence-electron chi connectivity index (χ4n) is 2.83. The molecule has 1 unspecified atom stereocenters. The molecule has 0 saturated carbocycles. The van der Waals surface area contributed by atoms with E-state index in [1.54, 1.807) is 0 Å². The minimum atomic E-state index is -0.783. The first-order valence-electron chi connectivity index (χ1n) is 7.44. The lowest BCUT2D eigenvalue weighted by Crippen LogP contribution is -2.30. The number of nitrogens with two attached hydrogens (primary N) is 1. The zero-order chi connectivity index (χ0) is 14.4. The summed E-state index contributed by atoms with van der Waals surface area (Å²) in [5, 5.41) is 8.78. The van der Waals surface area contributed by atoms with Crippen molar-refractivity contribution in [3.63, 3.8) is 0 Å². The monoisotopic (exact) mass is 276 g/mol. The van der Waals surface area contributed by atoms with Crippen LogP contribution in [-0.2, 0) is 11.3 Å². The molecular weight excluding hydrogens is 252 g/mol. The smallest absolute Gasteiger partial charge is 0.303 e. The van der Waals surface area contributed by atoms with Crippen molar-refractivity contribution in [2.75, 3.05) is 13.1 Å². The van der Waals surface area contributed by atoms with E-state index in [4.69, 9.17) is 10.8 Å². The van der Waals surface area contributed by atoms with Crippen LogP contribution in [0.4, 0.5) is 0 Å². The molecule has 4 heteroatoms. The quantitative estimate of drug-likeness (QED) is 0.838. The van der Waals surface area contributed by atoms with Gasteiger partial charge in [-0.15, -0.1) is 0 Å². The number of carboxylic acids is 1. The molecule has 4 nitrogen and oxygen atoms in total. The summed E-state index contributed by atoms with van der Waals surface area (Å²) in [6.45, 7) is 3.23. The summed E-state index contributed by atoms with van der Waals surface area (Å²) < 4.78 is 0. The minimum Gasteiger partial charge on any atom is -0.481 e. The average Bonchev–Trinajstić information content (AvgIpc) is 2.46. The Morgan fingerprint density at radius 3 is 2.65 bits per heavy atom. The number of nitrogens with zero attached hydrogens (tertiary/aromatic N) is 1. The van der Waals surface area contributed by atoms with E-state index in [0.29, 0.717) is 6.42 Å². The molecule has 1 aromatic carbocycles. The summed E-state index contributed by atoms with van der Waals surface area (Å²) in [4.78, 5) is 13.1. The lowest BCUT2D eigenvalue weighted by molar-refractivity contribution is -0.137. The molecule has 0 amide bonds. The molecule has 1 aliphatic heterocycles. The molecule has 0 bridgehead atoms. The van der Waals surface area contributed by atoms with Gasteiger partial charge < -0.3 is 10.8 Å². The number of rotatable bonds is 6. The third-order valence-electron chi connectivity index (χ3n) is 3.97. The Morgan fingerprint density at radius 2 is 1.95 bits per heavy atom. The molecule has 0 radical (unpaired) electrons. The standard InChI is InChI=1S/C16H24N2O2/c17-15(8-9-16(19)20)14-7-3-2-6-13(14)12-18-10-4-1-5-11-18/h2-3,6-7,15H,1,4-5,8-12,17H2,(H,19,20). The van der Waals surface area contributed by atoms with Gasteiger partial charge in [0.2, 0.25) is 0 Å². The van der Waals surface area contributed by atoms with Crippen LogP contribution in [0.1, 0.15) is 49.3 Å². The van der Waals surface area contributed by atoms with E-state index in [0.717, 1.165) is 25.2 Å². The van der Waals surface area contributed by atoms with Crippen molar-refractivity contribution >= 4 is 5.97 Å². The maximum absolute atomic E-state index is 10.7. The van der Waals surface area contributed by atoms with Gasteiger partial charge >= 0.3 is 5.97 Å². The number of hydrogen-bond donors (Lipinski definition) is 2. The highest BCUT2D eigenvalue weighted by Gasteiger charge is 2.16. The largest absolute Gasteiger partial charge is 0.481 e. The molecule has 110 valence electrons. The van der Waals surface area contributed by atoms with Crippen molar-refractivity contribution < 1.29 is 9.90 Å². The summed E-state index contributed by atoms with van der Waals surface area (Å²) in [5.41, 5.74) is 8.51. The molecule has 1 aromatic rings. The number of piperidine rings is 1. The van der Waals surface area contributed by atoms with E-state index in [2.05, 4.69) is 11.0 Å². The summed E-state index contributed by atoms with van der Waals surface area (Å²) in [6.07, 6.45) is 4.49. The Kier molecular flexibility index (Phi) is 5.56.